The summed E-state index contributed by atoms with van der Waals surface area (Å²) in [5.74, 6) is -6.69. The summed E-state index contributed by atoms with van der Waals surface area (Å²) in [5, 5.41) is 20.4. The number of hydrogen-bond acceptors (Lipinski definition) is 17. The Kier molecular flexibility index (Phi) is 14.3. The SMILES string of the molecule is CC1=C(C#N)C(=O)N(C(=O)OCc2ccccc2)C(=O)/C1=C/C1=Cc2sc3c(sc4cc(/C=C5/C(=O)N(C(=O)OCc6ccccc6)C(=O)C(C#N)=C5C)sc43)c2C1(C(=O)OCc1ccccc1)C(=O)OCc1ccccc1. The van der Waals surface area contributed by atoms with Crippen molar-refractivity contribution in [2.45, 2.75) is 45.7 Å². The molecule has 1 aliphatic carbocycles. The quantitative estimate of drug-likeness (QED) is 0.0365. The van der Waals surface area contributed by atoms with Crippen LogP contribution in [-0.2, 0) is 79.6 Å². The third-order valence-electron chi connectivity index (χ3n) is 13.0. The van der Waals surface area contributed by atoms with Crippen LogP contribution in [0.1, 0.15) is 51.4 Å². The van der Waals surface area contributed by atoms with Crippen molar-refractivity contribution >= 4 is 113 Å². The highest BCUT2D eigenvalue weighted by Crippen LogP contribution is 2.57. The van der Waals surface area contributed by atoms with E-state index in [0.717, 1.165) is 0 Å². The molecule has 10 rings (SSSR count). The van der Waals surface area contributed by atoms with Gasteiger partial charge in [-0.25, -0.2) is 9.59 Å². The number of nitriles is 2. The lowest BCUT2D eigenvalue weighted by Gasteiger charge is -2.30. The zero-order valence-electron chi connectivity index (χ0n) is 41.1. The third-order valence-corrected chi connectivity index (χ3v) is 16.8. The second-order valence-corrected chi connectivity index (χ2v) is 20.9. The zero-order chi connectivity index (χ0) is 54.8. The van der Waals surface area contributed by atoms with Crippen LogP contribution in [0.15, 0.2) is 172 Å². The van der Waals surface area contributed by atoms with Crippen molar-refractivity contribution in [2.24, 2.45) is 0 Å². The minimum Gasteiger partial charge on any atom is -0.459 e. The Bertz CT molecular complexity index is 3910. The highest BCUT2D eigenvalue weighted by atomic mass is 32.1. The third kappa shape index (κ3) is 9.32. The molecule has 3 aliphatic rings. The van der Waals surface area contributed by atoms with E-state index in [0.29, 0.717) is 55.7 Å². The fourth-order valence-corrected chi connectivity index (χ4v) is 13.3. The Labute approximate surface area is 455 Å². The molecule has 19 heteroatoms. The maximum atomic E-state index is 15.4. The molecule has 3 aromatic heterocycles. The average molecular weight is 1090 g/mol. The van der Waals surface area contributed by atoms with E-state index in [1.807, 2.05) is 6.07 Å². The predicted molar refractivity (Wildman–Crippen MR) is 287 cm³/mol. The van der Waals surface area contributed by atoms with Gasteiger partial charge < -0.3 is 18.9 Å². The summed E-state index contributed by atoms with van der Waals surface area (Å²) >= 11 is 3.63. The van der Waals surface area contributed by atoms with E-state index < -0.39 is 64.3 Å². The van der Waals surface area contributed by atoms with Gasteiger partial charge >= 0.3 is 24.1 Å². The highest BCUT2D eigenvalue weighted by molar-refractivity contribution is 7.39. The van der Waals surface area contributed by atoms with E-state index >= 15 is 9.59 Å². The van der Waals surface area contributed by atoms with Crippen LogP contribution in [0, 0.1) is 22.7 Å². The van der Waals surface area contributed by atoms with Gasteiger partial charge in [0.25, 0.3) is 23.6 Å². The van der Waals surface area contributed by atoms with Crippen LogP contribution in [0.4, 0.5) is 9.59 Å². The van der Waals surface area contributed by atoms with Crippen molar-refractivity contribution in [3.63, 3.8) is 0 Å². The first-order chi connectivity index (χ1) is 37.7. The second-order valence-electron chi connectivity index (χ2n) is 17.7. The molecule has 2 aliphatic heterocycles. The van der Waals surface area contributed by atoms with Gasteiger partial charge in [-0.3, -0.25) is 28.8 Å². The number of imide groups is 6. The Morgan fingerprint density at radius 3 is 1.36 bits per heavy atom. The molecule has 0 radical (unpaired) electrons. The summed E-state index contributed by atoms with van der Waals surface area (Å²) in [5.41, 5.74) is -1.65. The molecule has 7 aromatic rings. The fourth-order valence-electron chi connectivity index (χ4n) is 9.03. The molecule has 0 bridgehead atoms. The van der Waals surface area contributed by atoms with E-state index in [4.69, 9.17) is 18.9 Å². The van der Waals surface area contributed by atoms with Crippen LogP contribution in [0.2, 0.25) is 0 Å². The molecule has 384 valence electrons. The monoisotopic (exact) mass is 1090 g/mol. The molecule has 0 unspecified atom stereocenters. The predicted octanol–water partition coefficient (Wildman–Crippen LogP) is 10.7. The lowest BCUT2D eigenvalue weighted by atomic mass is 9.76. The van der Waals surface area contributed by atoms with Crippen LogP contribution in [0.5, 0.6) is 0 Å². The lowest BCUT2D eigenvalue weighted by molar-refractivity contribution is -0.164. The number of nitrogens with zero attached hydrogens (tertiary/aromatic N) is 4. The first-order valence-electron chi connectivity index (χ1n) is 23.7. The van der Waals surface area contributed by atoms with Crippen molar-refractivity contribution in [3.8, 4) is 12.1 Å². The summed E-state index contributed by atoms with van der Waals surface area (Å²) in [6.07, 6.45) is 1.58. The maximum Gasteiger partial charge on any atom is 0.424 e. The second kappa shape index (κ2) is 21.5. The van der Waals surface area contributed by atoms with E-state index in [1.54, 1.807) is 133 Å². The molecule has 0 spiro atoms. The number of benzene rings is 4. The van der Waals surface area contributed by atoms with Gasteiger partial charge in [0.15, 0.2) is 0 Å². The fraction of sp³-hybridized carbons (Fsp3) is 0.119. The Balaban J connectivity index is 1.10. The van der Waals surface area contributed by atoms with Gasteiger partial charge in [-0.1, -0.05) is 121 Å². The van der Waals surface area contributed by atoms with E-state index in [2.05, 4.69) is 0 Å². The van der Waals surface area contributed by atoms with Crippen molar-refractivity contribution in [1.82, 2.24) is 9.80 Å². The number of hydrogen-bond donors (Lipinski definition) is 0. The van der Waals surface area contributed by atoms with Gasteiger partial charge in [0.1, 0.15) is 49.7 Å². The highest BCUT2D eigenvalue weighted by Gasteiger charge is 2.59. The Morgan fingerprint density at radius 2 is 0.936 bits per heavy atom. The van der Waals surface area contributed by atoms with Crippen LogP contribution >= 0.6 is 34.0 Å². The smallest absolute Gasteiger partial charge is 0.424 e. The first kappa shape index (κ1) is 51.8. The molecule has 0 fully saturated rings. The zero-order valence-corrected chi connectivity index (χ0v) is 43.5. The summed E-state index contributed by atoms with van der Waals surface area (Å²) < 4.78 is 25.3. The van der Waals surface area contributed by atoms with Crippen molar-refractivity contribution in [3.05, 3.63) is 210 Å². The lowest BCUT2D eigenvalue weighted by Crippen LogP contribution is -2.48. The number of fused-ring (bicyclic) bond motifs is 5. The summed E-state index contributed by atoms with van der Waals surface area (Å²) in [6, 6.07) is 40.0. The van der Waals surface area contributed by atoms with Crippen molar-refractivity contribution < 1.29 is 57.3 Å². The van der Waals surface area contributed by atoms with Crippen molar-refractivity contribution in [2.75, 3.05) is 0 Å². The van der Waals surface area contributed by atoms with Gasteiger partial charge in [-0.15, -0.1) is 34.0 Å². The van der Waals surface area contributed by atoms with E-state index in [9.17, 15) is 39.3 Å². The van der Waals surface area contributed by atoms with Gasteiger partial charge in [0.05, 0.1) is 14.1 Å². The number of esters is 2. The largest absolute Gasteiger partial charge is 0.459 e. The van der Waals surface area contributed by atoms with Crippen LogP contribution in [-0.4, -0.2) is 57.6 Å². The minimum absolute atomic E-state index is 0.0520. The first-order valence-corrected chi connectivity index (χ1v) is 26.2. The number of thiophene rings is 3. The standard InChI is InChI=1S/C59H38N4O12S3/c1-33-41(51(64)62(53(66)43(33)27-60)57(70)74-31-37-19-11-5-12-20-37)23-39-24-45-47(59(39,55(68)72-29-35-15-7-3-8-16-35)56(69)73-30-36-17-9-4-10-18-36)49-50(77-45)48-46(78-49)26-40(76-48)25-42-34(2)44(28-61)54(67)63(52(42)65)58(71)75-32-38-21-13-6-14-22-38/h3-26H,29-32H2,1-2H3/b41-23+,42-25+. The summed E-state index contributed by atoms with van der Waals surface area (Å²) in [7, 11) is 0. The van der Waals surface area contributed by atoms with Gasteiger partial charge in [0, 0.05) is 31.2 Å². The molecule has 78 heavy (non-hydrogen) atoms. The molecule has 0 atom stereocenters. The molecule has 0 saturated carbocycles. The van der Waals surface area contributed by atoms with Crippen LogP contribution < -0.4 is 0 Å². The van der Waals surface area contributed by atoms with Gasteiger partial charge in [-0.05, 0) is 77.1 Å². The topological polar surface area (TPSA) is 228 Å². The molecular weight excluding hydrogens is 1050 g/mol. The van der Waals surface area contributed by atoms with Crippen LogP contribution in [0.3, 0.4) is 0 Å². The average Bonchev–Trinajstić information content (AvgIpc) is 4.08. The molecule has 4 aromatic carbocycles. The van der Waals surface area contributed by atoms with Crippen LogP contribution in [0.25, 0.3) is 31.0 Å². The molecule has 6 amide bonds. The number of rotatable bonds is 12. The van der Waals surface area contributed by atoms with Gasteiger partial charge in [-0.2, -0.15) is 20.3 Å². The van der Waals surface area contributed by atoms with E-state index in [1.165, 1.54) is 66.1 Å². The number of carbonyl (C=O) groups is 8. The summed E-state index contributed by atoms with van der Waals surface area (Å²) in [6.45, 7) is 1.63. The van der Waals surface area contributed by atoms with E-state index in [-0.39, 0.29) is 64.8 Å². The Morgan fingerprint density at radius 1 is 0.526 bits per heavy atom. The molecular formula is C59H38N4O12S3. The number of amides is 6. The normalized spacial score (nSPS) is 16.1. The Hall–Kier alpha value is -9.66. The molecule has 0 N–H and O–H groups in total. The van der Waals surface area contributed by atoms with Gasteiger partial charge in [0.2, 0.25) is 5.41 Å². The number of carbonyl (C=O) groups excluding carboxylic acids is 8. The molecule has 5 heterocycles. The summed E-state index contributed by atoms with van der Waals surface area (Å²) in [4.78, 5) is 115. The number of allylic oxidation sites excluding steroid dienone is 1. The minimum atomic E-state index is -2.48. The molecule has 0 saturated heterocycles. The maximum absolute atomic E-state index is 15.4. The molecule has 16 nitrogen and oxygen atoms in total. The number of ether oxygens (including phenoxy) is 4. The van der Waals surface area contributed by atoms with Crippen molar-refractivity contribution in [1.29, 1.82) is 10.5 Å².